The molecule has 1 N–H and O–H groups in total. The standard InChI is InChI=1S/C14H27N3O3/c1-14(2,3)15-13(19)11-8-6-7-9-17(11)10-12(18)16(4)20-5/h11H,6-10H2,1-5H3,(H,15,19). The number of nitrogens with zero attached hydrogens (tertiary/aromatic N) is 2. The summed E-state index contributed by atoms with van der Waals surface area (Å²) in [6, 6.07) is -0.225. The van der Waals surface area contributed by atoms with Crippen LogP contribution >= 0.6 is 0 Å². The number of carbonyl (C=O) groups excluding carboxylic acids is 2. The van der Waals surface area contributed by atoms with Gasteiger partial charge < -0.3 is 5.32 Å². The van der Waals surface area contributed by atoms with Gasteiger partial charge in [-0.25, -0.2) is 5.06 Å². The predicted octanol–water partition coefficient (Wildman–Crippen LogP) is 0.775. The van der Waals surface area contributed by atoms with Crippen LogP contribution in [0.2, 0.25) is 0 Å². The molecule has 0 aromatic carbocycles. The summed E-state index contributed by atoms with van der Waals surface area (Å²) in [5, 5.41) is 4.20. The molecule has 1 unspecified atom stereocenters. The van der Waals surface area contributed by atoms with E-state index in [1.165, 1.54) is 12.2 Å². The van der Waals surface area contributed by atoms with Crippen LogP contribution in [0.5, 0.6) is 0 Å². The molecule has 2 amide bonds. The van der Waals surface area contributed by atoms with Crippen LogP contribution in [0.3, 0.4) is 0 Å². The van der Waals surface area contributed by atoms with E-state index in [4.69, 9.17) is 4.84 Å². The third kappa shape index (κ3) is 5.09. The Hall–Kier alpha value is -1.14. The second-order valence-corrected chi connectivity index (χ2v) is 6.30. The summed E-state index contributed by atoms with van der Waals surface area (Å²) in [5.41, 5.74) is -0.256. The zero-order valence-electron chi connectivity index (χ0n) is 13.2. The number of piperidine rings is 1. The number of likely N-dealkylation sites (tertiary alicyclic amines) is 1. The first kappa shape index (κ1) is 16.9. The lowest BCUT2D eigenvalue weighted by Gasteiger charge is -2.36. The summed E-state index contributed by atoms with van der Waals surface area (Å²) in [5.74, 6) is -0.131. The van der Waals surface area contributed by atoms with Gasteiger partial charge >= 0.3 is 0 Å². The third-order valence-corrected chi connectivity index (χ3v) is 3.38. The fraction of sp³-hybridized carbons (Fsp3) is 0.857. The van der Waals surface area contributed by atoms with Crippen LogP contribution in [0.25, 0.3) is 0 Å². The van der Waals surface area contributed by atoms with Crippen LogP contribution in [-0.2, 0) is 14.4 Å². The van der Waals surface area contributed by atoms with E-state index >= 15 is 0 Å². The Bertz CT molecular complexity index is 352. The molecule has 1 saturated heterocycles. The molecule has 0 saturated carbocycles. The molecule has 1 heterocycles. The van der Waals surface area contributed by atoms with Crippen molar-refractivity contribution in [3.05, 3.63) is 0 Å². The number of hydrogen-bond donors (Lipinski definition) is 1. The fourth-order valence-electron chi connectivity index (χ4n) is 2.31. The summed E-state index contributed by atoms with van der Waals surface area (Å²) < 4.78 is 0. The molecule has 1 atom stereocenters. The van der Waals surface area contributed by atoms with E-state index in [9.17, 15) is 9.59 Å². The van der Waals surface area contributed by atoms with Crippen LogP contribution in [-0.4, -0.2) is 60.6 Å². The van der Waals surface area contributed by atoms with Crippen molar-refractivity contribution in [2.45, 2.75) is 51.6 Å². The molecule has 0 spiro atoms. The Balaban J connectivity index is 2.67. The van der Waals surface area contributed by atoms with E-state index in [1.807, 2.05) is 25.7 Å². The molecule has 1 aliphatic rings. The molecule has 116 valence electrons. The minimum absolute atomic E-state index is 0.00469. The zero-order chi connectivity index (χ0) is 15.3. The maximum atomic E-state index is 12.3. The summed E-state index contributed by atoms with van der Waals surface area (Å²) >= 11 is 0. The van der Waals surface area contributed by atoms with Crippen LogP contribution in [0.15, 0.2) is 0 Å². The Labute approximate surface area is 121 Å². The van der Waals surface area contributed by atoms with Crippen LogP contribution < -0.4 is 5.32 Å². The Morgan fingerprint density at radius 3 is 2.55 bits per heavy atom. The first-order valence-corrected chi connectivity index (χ1v) is 7.11. The maximum absolute atomic E-state index is 12.3. The van der Waals surface area contributed by atoms with E-state index in [0.717, 1.165) is 25.8 Å². The fourth-order valence-corrected chi connectivity index (χ4v) is 2.31. The van der Waals surface area contributed by atoms with Gasteiger partial charge in [-0.15, -0.1) is 0 Å². The smallest absolute Gasteiger partial charge is 0.260 e. The Kier molecular flexibility index (Phi) is 5.95. The van der Waals surface area contributed by atoms with Crippen LogP contribution in [0.1, 0.15) is 40.0 Å². The summed E-state index contributed by atoms with van der Waals surface area (Å²) in [7, 11) is 3.04. The molecular weight excluding hydrogens is 258 g/mol. The highest BCUT2D eigenvalue weighted by molar-refractivity contribution is 5.84. The van der Waals surface area contributed by atoms with Gasteiger partial charge in [-0.1, -0.05) is 6.42 Å². The molecule has 0 aliphatic carbocycles. The first-order chi connectivity index (χ1) is 9.24. The van der Waals surface area contributed by atoms with Crippen molar-refractivity contribution in [3.63, 3.8) is 0 Å². The number of amides is 2. The lowest BCUT2D eigenvalue weighted by molar-refractivity contribution is -0.170. The number of rotatable bonds is 4. The molecular formula is C14H27N3O3. The van der Waals surface area contributed by atoms with Crippen molar-refractivity contribution in [1.82, 2.24) is 15.3 Å². The molecule has 0 bridgehead atoms. The molecule has 6 nitrogen and oxygen atoms in total. The van der Waals surface area contributed by atoms with Crippen molar-refractivity contribution in [2.75, 3.05) is 27.2 Å². The monoisotopic (exact) mass is 285 g/mol. The summed E-state index contributed by atoms with van der Waals surface area (Å²) in [6.07, 6.45) is 2.84. The highest BCUT2D eigenvalue weighted by Gasteiger charge is 2.32. The molecule has 20 heavy (non-hydrogen) atoms. The van der Waals surface area contributed by atoms with Gasteiger partial charge in [-0.3, -0.25) is 19.3 Å². The van der Waals surface area contributed by atoms with E-state index in [-0.39, 0.29) is 29.9 Å². The summed E-state index contributed by atoms with van der Waals surface area (Å²) in [4.78, 5) is 31.1. The molecule has 1 aliphatic heterocycles. The van der Waals surface area contributed by atoms with Crippen molar-refractivity contribution < 1.29 is 14.4 Å². The van der Waals surface area contributed by atoms with Gasteiger partial charge in [0.1, 0.15) is 0 Å². The number of likely N-dealkylation sites (N-methyl/N-ethyl adjacent to an activating group) is 1. The summed E-state index contributed by atoms with van der Waals surface area (Å²) in [6.45, 7) is 6.86. The van der Waals surface area contributed by atoms with E-state index in [0.29, 0.717) is 0 Å². The average Bonchev–Trinajstić information content (AvgIpc) is 2.36. The molecule has 0 aromatic rings. The van der Waals surface area contributed by atoms with E-state index in [2.05, 4.69) is 5.32 Å². The topological polar surface area (TPSA) is 61.9 Å². The number of carbonyl (C=O) groups is 2. The Morgan fingerprint density at radius 1 is 1.35 bits per heavy atom. The Morgan fingerprint density at radius 2 is 2.00 bits per heavy atom. The minimum atomic E-state index is -0.256. The van der Waals surface area contributed by atoms with Gasteiger partial charge in [0.25, 0.3) is 5.91 Å². The first-order valence-electron chi connectivity index (χ1n) is 7.11. The van der Waals surface area contributed by atoms with Crippen molar-refractivity contribution in [3.8, 4) is 0 Å². The lowest BCUT2D eigenvalue weighted by atomic mass is 9.99. The van der Waals surface area contributed by atoms with Gasteiger partial charge in [0.05, 0.1) is 19.7 Å². The molecule has 6 heteroatoms. The van der Waals surface area contributed by atoms with Gasteiger partial charge in [0, 0.05) is 12.6 Å². The lowest BCUT2D eigenvalue weighted by Crippen LogP contribution is -2.55. The maximum Gasteiger partial charge on any atom is 0.260 e. The minimum Gasteiger partial charge on any atom is -0.350 e. The van der Waals surface area contributed by atoms with Gasteiger partial charge in [0.15, 0.2) is 0 Å². The van der Waals surface area contributed by atoms with Gasteiger partial charge in [-0.2, -0.15) is 0 Å². The van der Waals surface area contributed by atoms with E-state index < -0.39 is 0 Å². The van der Waals surface area contributed by atoms with E-state index in [1.54, 1.807) is 7.05 Å². The second-order valence-electron chi connectivity index (χ2n) is 6.30. The largest absolute Gasteiger partial charge is 0.350 e. The van der Waals surface area contributed by atoms with Crippen LogP contribution in [0, 0.1) is 0 Å². The van der Waals surface area contributed by atoms with Crippen molar-refractivity contribution in [1.29, 1.82) is 0 Å². The SMILES string of the molecule is CON(C)C(=O)CN1CCCCC1C(=O)NC(C)(C)C. The third-order valence-electron chi connectivity index (χ3n) is 3.38. The highest BCUT2D eigenvalue weighted by Crippen LogP contribution is 2.18. The van der Waals surface area contributed by atoms with Gasteiger partial charge in [0.2, 0.25) is 5.91 Å². The van der Waals surface area contributed by atoms with Crippen LogP contribution in [0.4, 0.5) is 0 Å². The highest BCUT2D eigenvalue weighted by atomic mass is 16.7. The number of nitrogens with one attached hydrogen (secondary N) is 1. The van der Waals surface area contributed by atoms with Crippen molar-refractivity contribution in [2.24, 2.45) is 0 Å². The normalized spacial score (nSPS) is 20.6. The molecule has 0 aromatic heterocycles. The van der Waals surface area contributed by atoms with Gasteiger partial charge in [-0.05, 0) is 40.2 Å². The number of hydroxylamine groups is 2. The quantitative estimate of drug-likeness (QED) is 0.775. The molecule has 1 rings (SSSR count). The predicted molar refractivity (Wildman–Crippen MR) is 76.9 cm³/mol. The molecule has 0 radical (unpaired) electrons. The zero-order valence-corrected chi connectivity index (χ0v) is 13.2. The number of hydrogen-bond acceptors (Lipinski definition) is 4. The average molecular weight is 285 g/mol. The molecule has 1 fully saturated rings. The van der Waals surface area contributed by atoms with Crippen molar-refractivity contribution >= 4 is 11.8 Å². The second kappa shape index (κ2) is 7.04.